The molecular weight excluding hydrogens is 309 g/mol. The molecule has 0 radical (unpaired) electrons. The van der Waals surface area contributed by atoms with Crippen LogP contribution in [-0.4, -0.2) is 52.8 Å². The maximum atomic E-state index is 13.6. The number of amides is 2. The molecule has 1 aromatic heterocycles. The Bertz CT molecular complexity index is 728. The van der Waals surface area contributed by atoms with E-state index in [0.29, 0.717) is 37.4 Å². The summed E-state index contributed by atoms with van der Waals surface area (Å²) in [6, 6.07) is 11.5. The first-order chi connectivity index (χ1) is 11.6. The molecule has 1 fully saturated rings. The Morgan fingerprint density at radius 2 is 1.62 bits per heavy atom. The average molecular weight is 327 g/mol. The van der Waals surface area contributed by atoms with Gasteiger partial charge in [0.1, 0.15) is 11.5 Å². The third-order valence-corrected chi connectivity index (χ3v) is 4.10. The van der Waals surface area contributed by atoms with Crippen molar-refractivity contribution in [3.05, 3.63) is 65.7 Å². The first-order valence-electron chi connectivity index (χ1n) is 7.86. The Balaban J connectivity index is 1.56. The molecule has 0 spiro atoms. The molecular formula is C18H18FN3O2. The van der Waals surface area contributed by atoms with Crippen LogP contribution in [0.1, 0.15) is 16.1 Å². The van der Waals surface area contributed by atoms with Crippen LogP contribution in [0.25, 0.3) is 0 Å². The topological polar surface area (TPSA) is 53.5 Å². The van der Waals surface area contributed by atoms with Gasteiger partial charge in [-0.3, -0.25) is 14.6 Å². The van der Waals surface area contributed by atoms with Crippen LogP contribution in [0, 0.1) is 5.82 Å². The first kappa shape index (κ1) is 16.1. The number of hydrogen-bond donors (Lipinski definition) is 0. The fraction of sp³-hybridized carbons (Fsp3) is 0.278. The lowest BCUT2D eigenvalue weighted by atomic mass is 10.1. The summed E-state index contributed by atoms with van der Waals surface area (Å²) >= 11 is 0. The third-order valence-electron chi connectivity index (χ3n) is 4.10. The highest BCUT2D eigenvalue weighted by Gasteiger charge is 2.25. The Hall–Kier alpha value is -2.76. The molecule has 124 valence electrons. The molecule has 2 amide bonds. The fourth-order valence-electron chi connectivity index (χ4n) is 2.73. The van der Waals surface area contributed by atoms with Crippen LogP contribution in [0.2, 0.25) is 0 Å². The molecule has 1 aliphatic heterocycles. The van der Waals surface area contributed by atoms with Crippen molar-refractivity contribution in [3.63, 3.8) is 0 Å². The first-order valence-corrected chi connectivity index (χ1v) is 7.86. The third kappa shape index (κ3) is 3.59. The number of nitrogens with zero attached hydrogens (tertiary/aromatic N) is 3. The van der Waals surface area contributed by atoms with Crippen molar-refractivity contribution in [2.75, 3.05) is 26.2 Å². The molecule has 0 atom stereocenters. The molecule has 2 aromatic rings. The van der Waals surface area contributed by atoms with E-state index in [4.69, 9.17) is 0 Å². The highest BCUT2D eigenvalue weighted by atomic mass is 19.1. The minimum Gasteiger partial charge on any atom is -0.339 e. The van der Waals surface area contributed by atoms with E-state index in [2.05, 4.69) is 4.98 Å². The van der Waals surface area contributed by atoms with Gasteiger partial charge in [0.05, 0.1) is 6.42 Å². The van der Waals surface area contributed by atoms with E-state index in [1.54, 1.807) is 52.4 Å². The normalized spacial score (nSPS) is 14.5. The van der Waals surface area contributed by atoms with E-state index in [-0.39, 0.29) is 24.1 Å². The van der Waals surface area contributed by atoms with Gasteiger partial charge in [-0.25, -0.2) is 4.39 Å². The van der Waals surface area contributed by atoms with Crippen LogP contribution in [-0.2, 0) is 11.2 Å². The molecule has 0 unspecified atom stereocenters. The number of benzene rings is 1. The van der Waals surface area contributed by atoms with Crippen LogP contribution in [0.15, 0.2) is 48.7 Å². The summed E-state index contributed by atoms with van der Waals surface area (Å²) in [7, 11) is 0. The molecule has 1 aromatic carbocycles. The van der Waals surface area contributed by atoms with E-state index in [1.165, 1.54) is 6.07 Å². The van der Waals surface area contributed by atoms with Gasteiger partial charge in [-0.05, 0) is 23.8 Å². The van der Waals surface area contributed by atoms with Crippen molar-refractivity contribution in [1.29, 1.82) is 0 Å². The lowest BCUT2D eigenvalue weighted by Crippen LogP contribution is -2.51. The highest BCUT2D eigenvalue weighted by molar-refractivity contribution is 5.92. The van der Waals surface area contributed by atoms with E-state index >= 15 is 0 Å². The molecule has 3 rings (SSSR count). The van der Waals surface area contributed by atoms with Crippen molar-refractivity contribution >= 4 is 11.8 Å². The Kier molecular flexibility index (Phi) is 4.84. The number of carbonyl (C=O) groups is 2. The molecule has 0 saturated carbocycles. The largest absolute Gasteiger partial charge is 0.339 e. The maximum Gasteiger partial charge on any atom is 0.272 e. The molecule has 24 heavy (non-hydrogen) atoms. The summed E-state index contributed by atoms with van der Waals surface area (Å²) in [4.78, 5) is 32.1. The molecule has 6 heteroatoms. The van der Waals surface area contributed by atoms with Gasteiger partial charge < -0.3 is 9.80 Å². The second kappa shape index (κ2) is 7.21. The number of pyridine rings is 1. The van der Waals surface area contributed by atoms with Crippen LogP contribution < -0.4 is 0 Å². The van der Waals surface area contributed by atoms with Crippen molar-refractivity contribution in [2.24, 2.45) is 0 Å². The van der Waals surface area contributed by atoms with Gasteiger partial charge in [0, 0.05) is 32.4 Å². The second-order valence-corrected chi connectivity index (χ2v) is 5.66. The Morgan fingerprint density at radius 1 is 0.958 bits per heavy atom. The van der Waals surface area contributed by atoms with Crippen LogP contribution >= 0.6 is 0 Å². The molecule has 0 aliphatic carbocycles. The van der Waals surface area contributed by atoms with Gasteiger partial charge in [0.25, 0.3) is 5.91 Å². The number of halogens is 1. The Morgan fingerprint density at radius 3 is 2.29 bits per heavy atom. The number of carbonyl (C=O) groups excluding carboxylic acids is 2. The predicted molar refractivity (Wildman–Crippen MR) is 86.8 cm³/mol. The summed E-state index contributed by atoms with van der Waals surface area (Å²) in [5.74, 6) is -0.614. The zero-order chi connectivity index (χ0) is 16.9. The standard InChI is InChI=1S/C18H18FN3O2/c19-15-6-2-1-5-14(15)13-17(23)21-9-11-22(12-10-21)18(24)16-7-3-4-8-20-16/h1-8H,9-13H2. The monoisotopic (exact) mass is 327 g/mol. The van der Waals surface area contributed by atoms with Crippen molar-refractivity contribution < 1.29 is 14.0 Å². The fourth-order valence-corrected chi connectivity index (χ4v) is 2.73. The summed E-state index contributed by atoms with van der Waals surface area (Å²) in [5, 5.41) is 0. The molecule has 1 saturated heterocycles. The second-order valence-electron chi connectivity index (χ2n) is 5.66. The van der Waals surface area contributed by atoms with E-state index in [1.807, 2.05) is 0 Å². The summed E-state index contributed by atoms with van der Waals surface area (Å²) in [6.45, 7) is 1.81. The van der Waals surface area contributed by atoms with E-state index in [9.17, 15) is 14.0 Å². The van der Waals surface area contributed by atoms with E-state index in [0.717, 1.165) is 0 Å². The SMILES string of the molecule is O=C(Cc1ccccc1F)N1CCN(C(=O)c2ccccn2)CC1. The van der Waals surface area contributed by atoms with Gasteiger partial charge in [-0.1, -0.05) is 24.3 Å². The minimum absolute atomic E-state index is 0.0425. The van der Waals surface area contributed by atoms with Gasteiger partial charge in [0.2, 0.25) is 5.91 Å². The lowest BCUT2D eigenvalue weighted by Gasteiger charge is -2.34. The minimum atomic E-state index is -0.366. The van der Waals surface area contributed by atoms with Crippen molar-refractivity contribution in [3.8, 4) is 0 Å². The molecule has 1 aliphatic rings. The number of rotatable bonds is 3. The number of piperazine rings is 1. The molecule has 0 N–H and O–H groups in total. The average Bonchev–Trinajstić information content (AvgIpc) is 2.64. The van der Waals surface area contributed by atoms with Gasteiger partial charge in [-0.15, -0.1) is 0 Å². The van der Waals surface area contributed by atoms with Crippen LogP contribution in [0.3, 0.4) is 0 Å². The van der Waals surface area contributed by atoms with Crippen LogP contribution in [0.4, 0.5) is 4.39 Å². The molecule has 5 nitrogen and oxygen atoms in total. The maximum absolute atomic E-state index is 13.6. The van der Waals surface area contributed by atoms with Crippen molar-refractivity contribution in [1.82, 2.24) is 14.8 Å². The van der Waals surface area contributed by atoms with Gasteiger partial charge in [-0.2, -0.15) is 0 Å². The van der Waals surface area contributed by atoms with Gasteiger partial charge in [0.15, 0.2) is 0 Å². The quantitative estimate of drug-likeness (QED) is 0.863. The lowest BCUT2D eigenvalue weighted by molar-refractivity contribution is -0.132. The zero-order valence-corrected chi connectivity index (χ0v) is 13.2. The predicted octanol–water partition coefficient (Wildman–Crippen LogP) is 1.75. The highest BCUT2D eigenvalue weighted by Crippen LogP contribution is 2.11. The zero-order valence-electron chi connectivity index (χ0n) is 13.2. The van der Waals surface area contributed by atoms with E-state index < -0.39 is 0 Å². The molecule has 2 heterocycles. The summed E-state index contributed by atoms with van der Waals surface area (Å²) < 4.78 is 13.6. The van der Waals surface area contributed by atoms with Gasteiger partial charge >= 0.3 is 0 Å². The number of aromatic nitrogens is 1. The number of hydrogen-bond acceptors (Lipinski definition) is 3. The molecule has 0 bridgehead atoms. The summed E-state index contributed by atoms with van der Waals surface area (Å²) in [6.07, 6.45) is 1.63. The van der Waals surface area contributed by atoms with Crippen molar-refractivity contribution in [2.45, 2.75) is 6.42 Å². The van der Waals surface area contributed by atoms with Crippen LogP contribution in [0.5, 0.6) is 0 Å². The smallest absolute Gasteiger partial charge is 0.272 e. The Labute approximate surface area is 139 Å². The summed E-state index contributed by atoms with van der Waals surface area (Å²) in [5.41, 5.74) is 0.804.